The van der Waals surface area contributed by atoms with Crippen LogP contribution in [0.1, 0.15) is 43.9 Å². The molecule has 0 aliphatic carbocycles. The Labute approximate surface area is 106 Å². The van der Waals surface area contributed by atoms with Gasteiger partial charge in [-0.2, -0.15) is 4.98 Å². The van der Waals surface area contributed by atoms with Gasteiger partial charge in [-0.3, -0.25) is 4.79 Å². The van der Waals surface area contributed by atoms with E-state index in [0.29, 0.717) is 18.3 Å². The molecule has 18 heavy (non-hydrogen) atoms. The molecular formula is C12H19N3O3. The van der Waals surface area contributed by atoms with Crippen molar-refractivity contribution < 1.29 is 14.1 Å². The van der Waals surface area contributed by atoms with Crippen molar-refractivity contribution in [2.75, 3.05) is 19.8 Å². The fourth-order valence-electron chi connectivity index (χ4n) is 2.21. The summed E-state index contributed by atoms with van der Waals surface area (Å²) in [5.41, 5.74) is 0. The topological polar surface area (TPSA) is 68.5 Å². The van der Waals surface area contributed by atoms with E-state index in [4.69, 9.17) is 9.26 Å². The molecule has 0 unspecified atom stereocenters. The van der Waals surface area contributed by atoms with Crippen LogP contribution < -0.4 is 0 Å². The molecule has 1 amide bonds. The Morgan fingerprint density at radius 2 is 2.39 bits per heavy atom. The normalized spacial score (nSPS) is 20.1. The van der Waals surface area contributed by atoms with Crippen molar-refractivity contribution in [1.82, 2.24) is 15.0 Å². The number of aryl methyl sites for hydroxylation is 1. The van der Waals surface area contributed by atoms with Crippen LogP contribution in [-0.2, 0) is 9.53 Å². The maximum absolute atomic E-state index is 12.1. The minimum atomic E-state index is -0.0899. The van der Waals surface area contributed by atoms with Crippen molar-refractivity contribution in [3.63, 3.8) is 0 Å². The minimum absolute atomic E-state index is 0.00240. The Hall–Kier alpha value is -1.43. The van der Waals surface area contributed by atoms with Gasteiger partial charge in [0.2, 0.25) is 11.8 Å². The lowest BCUT2D eigenvalue weighted by atomic mass is 10.0. The van der Waals surface area contributed by atoms with Gasteiger partial charge in [-0.05, 0) is 33.1 Å². The van der Waals surface area contributed by atoms with Crippen LogP contribution in [0.3, 0.4) is 0 Å². The van der Waals surface area contributed by atoms with Crippen molar-refractivity contribution in [3.05, 3.63) is 11.7 Å². The van der Waals surface area contributed by atoms with Gasteiger partial charge in [-0.25, -0.2) is 0 Å². The zero-order chi connectivity index (χ0) is 13.0. The van der Waals surface area contributed by atoms with Gasteiger partial charge < -0.3 is 14.2 Å². The Bertz CT molecular complexity index is 405. The zero-order valence-corrected chi connectivity index (χ0v) is 10.9. The molecule has 0 N–H and O–H groups in total. The fourth-order valence-corrected chi connectivity index (χ4v) is 2.21. The highest BCUT2D eigenvalue weighted by atomic mass is 16.5. The maximum atomic E-state index is 12.1. The lowest BCUT2D eigenvalue weighted by molar-refractivity contribution is -0.140. The molecule has 6 heteroatoms. The standard InChI is InChI=1S/C12H19N3O3/c1-3-17-8-11(16)15-7-5-4-6-10(15)12-13-9(2)14-18-12/h10H,3-8H2,1-2H3/t10-/m1/s1. The van der Waals surface area contributed by atoms with Gasteiger partial charge in [0.15, 0.2) is 5.82 Å². The summed E-state index contributed by atoms with van der Waals surface area (Å²) < 4.78 is 10.4. The summed E-state index contributed by atoms with van der Waals surface area (Å²) in [7, 11) is 0. The summed E-state index contributed by atoms with van der Waals surface area (Å²) in [6.45, 7) is 5.06. The molecule has 100 valence electrons. The molecule has 1 atom stereocenters. The van der Waals surface area contributed by atoms with E-state index in [-0.39, 0.29) is 18.6 Å². The Morgan fingerprint density at radius 1 is 1.56 bits per heavy atom. The van der Waals surface area contributed by atoms with Crippen molar-refractivity contribution in [2.45, 2.75) is 39.2 Å². The Kier molecular flexibility index (Phi) is 4.30. The second-order valence-electron chi connectivity index (χ2n) is 4.42. The molecule has 2 rings (SSSR count). The maximum Gasteiger partial charge on any atom is 0.249 e. The van der Waals surface area contributed by atoms with E-state index < -0.39 is 0 Å². The fraction of sp³-hybridized carbons (Fsp3) is 0.750. The van der Waals surface area contributed by atoms with E-state index in [2.05, 4.69) is 10.1 Å². The summed E-state index contributed by atoms with van der Waals surface area (Å²) in [6, 6.07) is -0.0899. The first-order chi connectivity index (χ1) is 8.72. The monoisotopic (exact) mass is 253 g/mol. The molecule has 1 aromatic rings. The van der Waals surface area contributed by atoms with Crippen molar-refractivity contribution in [1.29, 1.82) is 0 Å². The van der Waals surface area contributed by atoms with E-state index in [1.165, 1.54) is 0 Å². The SMILES string of the molecule is CCOCC(=O)N1CCCC[C@@H]1c1nc(C)no1. The van der Waals surface area contributed by atoms with Gasteiger partial charge >= 0.3 is 0 Å². The van der Waals surface area contributed by atoms with Gasteiger partial charge in [0.05, 0.1) is 0 Å². The van der Waals surface area contributed by atoms with Crippen LogP contribution in [0.15, 0.2) is 4.52 Å². The molecule has 1 aliphatic heterocycles. The first-order valence-corrected chi connectivity index (χ1v) is 6.39. The molecule has 0 radical (unpaired) electrons. The van der Waals surface area contributed by atoms with Crippen LogP contribution in [0.4, 0.5) is 0 Å². The van der Waals surface area contributed by atoms with Crippen molar-refractivity contribution in [3.8, 4) is 0 Å². The number of piperidine rings is 1. The number of amides is 1. The smallest absolute Gasteiger partial charge is 0.249 e. The van der Waals surface area contributed by atoms with E-state index in [9.17, 15) is 4.79 Å². The molecule has 2 heterocycles. The third-order valence-corrected chi connectivity index (χ3v) is 3.08. The van der Waals surface area contributed by atoms with Crippen LogP contribution in [0.25, 0.3) is 0 Å². The summed E-state index contributed by atoms with van der Waals surface area (Å²) in [6.07, 6.45) is 2.96. The number of ether oxygens (including phenoxy) is 1. The highest BCUT2D eigenvalue weighted by Crippen LogP contribution is 2.29. The quantitative estimate of drug-likeness (QED) is 0.812. The Balaban J connectivity index is 2.08. The van der Waals surface area contributed by atoms with Crippen LogP contribution in [-0.4, -0.2) is 40.7 Å². The number of aromatic nitrogens is 2. The highest BCUT2D eigenvalue weighted by Gasteiger charge is 2.31. The van der Waals surface area contributed by atoms with Gasteiger partial charge in [-0.1, -0.05) is 5.16 Å². The van der Waals surface area contributed by atoms with Crippen LogP contribution in [0.5, 0.6) is 0 Å². The number of rotatable bonds is 4. The number of carbonyl (C=O) groups is 1. The molecule has 0 aromatic carbocycles. The average Bonchev–Trinajstić information content (AvgIpc) is 2.82. The van der Waals surface area contributed by atoms with Crippen molar-refractivity contribution >= 4 is 5.91 Å². The predicted octanol–water partition coefficient (Wildman–Crippen LogP) is 1.47. The van der Waals surface area contributed by atoms with Gasteiger partial charge in [-0.15, -0.1) is 0 Å². The van der Waals surface area contributed by atoms with Gasteiger partial charge in [0, 0.05) is 13.2 Å². The molecule has 0 bridgehead atoms. The number of nitrogens with zero attached hydrogens (tertiary/aromatic N) is 3. The van der Waals surface area contributed by atoms with Gasteiger partial charge in [0.1, 0.15) is 12.6 Å². The van der Waals surface area contributed by atoms with Crippen LogP contribution in [0.2, 0.25) is 0 Å². The lowest BCUT2D eigenvalue weighted by Crippen LogP contribution is -2.40. The molecule has 0 saturated carbocycles. The highest BCUT2D eigenvalue weighted by molar-refractivity contribution is 5.78. The first-order valence-electron chi connectivity index (χ1n) is 6.39. The average molecular weight is 253 g/mol. The molecular weight excluding hydrogens is 234 g/mol. The van der Waals surface area contributed by atoms with E-state index in [0.717, 1.165) is 25.8 Å². The molecule has 1 fully saturated rings. The predicted molar refractivity (Wildman–Crippen MR) is 63.8 cm³/mol. The molecule has 6 nitrogen and oxygen atoms in total. The summed E-state index contributed by atoms with van der Waals surface area (Å²) in [5.74, 6) is 1.14. The summed E-state index contributed by atoms with van der Waals surface area (Å²) in [4.78, 5) is 18.1. The van der Waals surface area contributed by atoms with Gasteiger partial charge in [0.25, 0.3) is 0 Å². The first kappa shape index (κ1) is 13.0. The molecule has 1 aliphatic rings. The van der Waals surface area contributed by atoms with E-state index in [1.54, 1.807) is 11.8 Å². The largest absolute Gasteiger partial charge is 0.372 e. The molecule has 1 saturated heterocycles. The molecule has 0 spiro atoms. The van der Waals surface area contributed by atoms with Crippen molar-refractivity contribution in [2.24, 2.45) is 0 Å². The number of carbonyl (C=O) groups excluding carboxylic acids is 1. The number of hydrogen-bond donors (Lipinski definition) is 0. The summed E-state index contributed by atoms with van der Waals surface area (Å²) >= 11 is 0. The van der Waals surface area contributed by atoms with Crippen LogP contribution in [0, 0.1) is 6.92 Å². The molecule has 1 aromatic heterocycles. The summed E-state index contributed by atoms with van der Waals surface area (Å²) in [5, 5.41) is 3.79. The minimum Gasteiger partial charge on any atom is -0.372 e. The van der Waals surface area contributed by atoms with E-state index >= 15 is 0 Å². The lowest BCUT2D eigenvalue weighted by Gasteiger charge is -2.33. The zero-order valence-electron chi connectivity index (χ0n) is 10.9. The number of likely N-dealkylation sites (tertiary alicyclic amines) is 1. The second-order valence-corrected chi connectivity index (χ2v) is 4.42. The van der Waals surface area contributed by atoms with Crippen LogP contribution >= 0.6 is 0 Å². The van der Waals surface area contributed by atoms with E-state index in [1.807, 2.05) is 6.92 Å². The number of hydrogen-bond acceptors (Lipinski definition) is 5. The third kappa shape index (κ3) is 2.87. The Morgan fingerprint density at radius 3 is 3.06 bits per heavy atom. The third-order valence-electron chi connectivity index (χ3n) is 3.08. The second kappa shape index (κ2) is 5.95.